The highest BCUT2D eigenvalue weighted by Gasteiger charge is 2.18. The Kier molecular flexibility index (Phi) is 7.31. The molecule has 0 unspecified atom stereocenters. The molecule has 3 heterocycles. The average molecular weight is 777 g/mol. The van der Waals surface area contributed by atoms with Crippen molar-refractivity contribution in [3.05, 3.63) is 218 Å². The van der Waals surface area contributed by atoms with Crippen LogP contribution in [0.4, 0.5) is 0 Å². The van der Waals surface area contributed by atoms with Crippen molar-refractivity contribution in [2.24, 2.45) is 0 Å². The fourth-order valence-corrected chi connectivity index (χ4v) is 9.80. The number of furan rings is 1. The molecule has 0 aliphatic rings. The molecule has 0 N–H and O–H groups in total. The summed E-state index contributed by atoms with van der Waals surface area (Å²) in [6.45, 7) is 0. The number of benzene rings is 10. The molecule has 61 heavy (non-hydrogen) atoms. The zero-order chi connectivity index (χ0) is 40.0. The van der Waals surface area contributed by atoms with E-state index in [-0.39, 0.29) is 0 Å². The van der Waals surface area contributed by atoms with Crippen molar-refractivity contribution in [3.8, 4) is 44.8 Å². The lowest BCUT2D eigenvalue weighted by atomic mass is 10.0. The van der Waals surface area contributed by atoms with Crippen molar-refractivity contribution in [2.75, 3.05) is 0 Å². The summed E-state index contributed by atoms with van der Waals surface area (Å²) in [6, 6.07) is 79.3. The van der Waals surface area contributed by atoms with E-state index in [0.29, 0.717) is 0 Å². The molecule has 0 radical (unpaired) electrons. The molecule has 0 aliphatic carbocycles. The van der Waals surface area contributed by atoms with Gasteiger partial charge in [-0.3, -0.25) is 0 Å². The molecule has 0 spiro atoms. The maximum absolute atomic E-state index is 6.48. The molecular weight excluding hydrogens is 741 g/mol. The largest absolute Gasteiger partial charge is 0.455 e. The van der Waals surface area contributed by atoms with Gasteiger partial charge < -0.3 is 13.6 Å². The van der Waals surface area contributed by atoms with Crippen molar-refractivity contribution in [3.63, 3.8) is 0 Å². The van der Waals surface area contributed by atoms with Crippen LogP contribution in [0.15, 0.2) is 223 Å². The highest BCUT2D eigenvalue weighted by atomic mass is 16.3. The van der Waals surface area contributed by atoms with E-state index in [2.05, 4.69) is 215 Å². The van der Waals surface area contributed by atoms with E-state index in [1.165, 1.54) is 76.6 Å². The second kappa shape index (κ2) is 13.2. The van der Waals surface area contributed by atoms with Gasteiger partial charge in [0.25, 0.3) is 0 Å². The van der Waals surface area contributed by atoms with Crippen LogP contribution in [0.2, 0.25) is 0 Å². The Hall–Kier alpha value is -8.14. The van der Waals surface area contributed by atoms with Gasteiger partial charge in [-0.1, -0.05) is 152 Å². The fraction of sp³-hybridized carbons (Fsp3) is 0. The topological polar surface area (TPSA) is 23.0 Å². The first-order chi connectivity index (χ1) is 30.2. The van der Waals surface area contributed by atoms with Crippen molar-refractivity contribution >= 4 is 76.3 Å². The highest BCUT2D eigenvalue weighted by Crippen LogP contribution is 2.40. The Morgan fingerprint density at radius 2 is 0.803 bits per heavy atom. The predicted molar refractivity (Wildman–Crippen MR) is 256 cm³/mol. The first kappa shape index (κ1) is 33.8. The van der Waals surface area contributed by atoms with Gasteiger partial charge in [0, 0.05) is 49.3 Å². The first-order valence-corrected chi connectivity index (χ1v) is 20.9. The quantitative estimate of drug-likeness (QED) is 0.171. The number of rotatable bonds is 5. The van der Waals surface area contributed by atoms with Crippen LogP contribution >= 0.6 is 0 Å². The number of aromatic nitrogens is 2. The normalized spacial score (nSPS) is 11.9. The van der Waals surface area contributed by atoms with Crippen LogP contribution in [0, 0.1) is 0 Å². The Morgan fingerprint density at radius 1 is 0.279 bits per heavy atom. The second-order valence-electron chi connectivity index (χ2n) is 16.1. The van der Waals surface area contributed by atoms with Crippen LogP contribution in [-0.2, 0) is 0 Å². The third-order valence-electron chi connectivity index (χ3n) is 12.7. The average Bonchev–Trinajstić information content (AvgIpc) is 3.99. The molecule has 13 rings (SSSR count). The lowest BCUT2D eigenvalue weighted by Gasteiger charge is -2.11. The van der Waals surface area contributed by atoms with Crippen LogP contribution in [0.1, 0.15) is 0 Å². The van der Waals surface area contributed by atoms with E-state index in [4.69, 9.17) is 4.42 Å². The Balaban J connectivity index is 0.885. The maximum Gasteiger partial charge on any atom is 0.143 e. The van der Waals surface area contributed by atoms with Gasteiger partial charge in [0.2, 0.25) is 0 Å². The monoisotopic (exact) mass is 776 g/mol. The molecular formula is C58H36N2O. The molecule has 0 fully saturated rings. The molecule has 284 valence electrons. The number of fused-ring (bicyclic) bond motifs is 10. The minimum Gasteiger partial charge on any atom is -0.455 e. The fourth-order valence-electron chi connectivity index (χ4n) is 9.80. The molecule has 0 atom stereocenters. The van der Waals surface area contributed by atoms with E-state index in [1.54, 1.807) is 0 Å². The predicted octanol–water partition coefficient (Wildman–Crippen LogP) is 15.9. The first-order valence-electron chi connectivity index (χ1n) is 20.9. The van der Waals surface area contributed by atoms with Crippen LogP contribution in [0.3, 0.4) is 0 Å². The van der Waals surface area contributed by atoms with Gasteiger partial charge in [0.1, 0.15) is 11.2 Å². The minimum atomic E-state index is 0.910. The van der Waals surface area contributed by atoms with E-state index >= 15 is 0 Å². The molecule has 3 aromatic heterocycles. The zero-order valence-corrected chi connectivity index (χ0v) is 33.1. The number of hydrogen-bond acceptors (Lipinski definition) is 1. The summed E-state index contributed by atoms with van der Waals surface area (Å²) in [5, 5.41) is 9.74. The third kappa shape index (κ3) is 5.24. The van der Waals surface area contributed by atoms with Crippen molar-refractivity contribution in [1.29, 1.82) is 0 Å². The van der Waals surface area contributed by atoms with Crippen molar-refractivity contribution in [2.45, 2.75) is 0 Å². The number of para-hydroxylation sites is 4. The van der Waals surface area contributed by atoms with E-state index in [9.17, 15) is 0 Å². The summed E-state index contributed by atoms with van der Waals surface area (Å²) in [5.74, 6) is 0. The molecule has 3 heteroatoms. The SMILES string of the molecule is c1ccc2cc(-c3ccc(-n4c5ccccc5c5cc(-c6ccc(-n7c8ccccc8c8ccc(-c9cccc%10c9oc9ccccc9%10)cc87)cc6)ccc54)cc3)ccc2c1. The number of nitrogens with zero attached hydrogens (tertiary/aromatic N) is 2. The highest BCUT2D eigenvalue weighted by molar-refractivity contribution is 6.13. The van der Waals surface area contributed by atoms with Gasteiger partial charge in [-0.2, -0.15) is 0 Å². The Bertz CT molecular complexity index is 3860. The number of hydrogen-bond donors (Lipinski definition) is 0. The standard InChI is InChI=1S/C58H36N2O/c1-2-11-40-34-41(21-20-37(40)10-1)38-22-28-44(29-23-38)59-54-18-7-4-13-48(54)52-35-42(27-33-55(52)59)39-24-30-45(31-25-39)60-53-17-6-3-12-47(53)49-32-26-43(36-56(49)60)46-15-9-16-51-50-14-5-8-19-57(50)61-58(46)51/h1-36H. The van der Waals surface area contributed by atoms with E-state index in [0.717, 1.165) is 44.4 Å². The second-order valence-corrected chi connectivity index (χ2v) is 16.1. The van der Waals surface area contributed by atoms with Crippen LogP contribution in [-0.4, -0.2) is 9.13 Å². The molecule has 0 amide bonds. The van der Waals surface area contributed by atoms with Crippen LogP contribution in [0.25, 0.3) is 121 Å². The Labute approximate surface area is 351 Å². The van der Waals surface area contributed by atoms with E-state index < -0.39 is 0 Å². The van der Waals surface area contributed by atoms with Crippen LogP contribution < -0.4 is 0 Å². The summed E-state index contributed by atoms with van der Waals surface area (Å²) < 4.78 is 11.3. The molecule has 0 aliphatic heterocycles. The van der Waals surface area contributed by atoms with Gasteiger partial charge in [0.05, 0.1) is 22.1 Å². The Morgan fingerprint density at radius 3 is 1.56 bits per heavy atom. The minimum absolute atomic E-state index is 0.910. The molecule has 13 aromatic rings. The summed E-state index contributed by atoms with van der Waals surface area (Å²) in [6.07, 6.45) is 0. The zero-order valence-electron chi connectivity index (χ0n) is 33.1. The van der Waals surface area contributed by atoms with Gasteiger partial charge >= 0.3 is 0 Å². The van der Waals surface area contributed by atoms with Gasteiger partial charge in [0.15, 0.2) is 0 Å². The van der Waals surface area contributed by atoms with Crippen LogP contribution in [0.5, 0.6) is 0 Å². The summed E-state index contributed by atoms with van der Waals surface area (Å²) >= 11 is 0. The third-order valence-corrected chi connectivity index (χ3v) is 12.7. The molecule has 3 nitrogen and oxygen atoms in total. The van der Waals surface area contributed by atoms with Gasteiger partial charge in [-0.05, 0) is 105 Å². The lowest BCUT2D eigenvalue weighted by Crippen LogP contribution is -1.94. The summed E-state index contributed by atoms with van der Waals surface area (Å²) in [5.41, 5.74) is 15.9. The maximum atomic E-state index is 6.48. The van der Waals surface area contributed by atoms with Crippen molar-refractivity contribution in [1.82, 2.24) is 9.13 Å². The summed E-state index contributed by atoms with van der Waals surface area (Å²) in [4.78, 5) is 0. The van der Waals surface area contributed by atoms with E-state index in [1.807, 2.05) is 12.1 Å². The molecule has 0 bridgehead atoms. The molecule has 0 saturated carbocycles. The van der Waals surface area contributed by atoms with Gasteiger partial charge in [-0.25, -0.2) is 0 Å². The lowest BCUT2D eigenvalue weighted by molar-refractivity contribution is 0.670. The molecule has 10 aromatic carbocycles. The smallest absolute Gasteiger partial charge is 0.143 e. The van der Waals surface area contributed by atoms with Crippen molar-refractivity contribution < 1.29 is 4.42 Å². The summed E-state index contributed by atoms with van der Waals surface area (Å²) in [7, 11) is 0. The molecule has 0 saturated heterocycles. The van der Waals surface area contributed by atoms with Gasteiger partial charge in [-0.15, -0.1) is 0 Å².